The number of aromatic nitrogens is 5. The van der Waals surface area contributed by atoms with E-state index in [1.165, 1.54) is 5.56 Å². The molecule has 4 heterocycles. The summed E-state index contributed by atoms with van der Waals surface area (Å²) in [4.78, 5) is 9.29. The summed E-state index contributed by atoms with van der Waals surface area (Å²) in [6.45, 7) is 15.8. The van der Waals surface area contributed by atoms with Gasteiger partial charge in [-0.25, -0.2) is 0 Å². The molecule has 0 unspecified atom stereocenters. The zero-order valence-electron chi connectivity index (χ0n) is 39.9. The molecule has 0 saturated carbocycles. The van der Waals surface area contributed by atoms with Gasteiger partial charge in [-0.05, 0) is 30.2 Å². The van der Waals surface area contributed by atoms with Crippen LogP contribution in [0.4, 0.5) is 0 Å². The molecule has 0 radical (unpaired) electrons. The summed E-state index contributed by atoms with van der Waals surface area (Å²) in [5, 5.41) is 2.29. The van der Waals surface area contributed by atoms with Gasteiger partial charge in [0.1, 0.15) is 0 Å². The van der Waals surface area contributed by atoms with Crippen molar-refractivity contribution >= 4 is 32.8 Å². The van der Waals surface area contributed by atoms with Gasteiger partial charge >= 0.3 is 345 Å². The molecule has 6 nitrogen and oxygen atoms in total. The molecule has 0 aliphatic heterocycles. The molecule has 0 aliphatic rings. The Bertz CT molecular complexity index is 3740. The average molecular weight is 991 g/mol. The van der Waals surface area contributed by atoms with Gasteiger partial charge in [0, 0.05) is 24.2 Å². The van der Waals surface area contributed by atoms with Crippen molar-refractivity contribution in [3.8, 4) is 62.1 Å². The van der Waals surface area contributed by atoms with E-state index >= 15 is 0 Å². The van der Waals surface area contributed by atoms with E-state index in [4.69, 9.17) is 9.72 Å². The molecule has 0 aliphatic carbocycles. The van der Waals surface area contributed by atoms with Gasteiger partial charge < -0.3 is 0 Å². The van der Waals surface area contributed by atoms with Gasteiger partial charge in [0.2, 0.25) is 0 Å². The predicted molar refractivity (Wildman–Crippen MR) is 281 cm³/mol. The number of hydrogen-bond acceptors (Lipinski definition) is 3. The number of pyridine rings is 2. The molecular weight excluding hydrogens is 937 g/mol. The first-order chi connectivity index (χ1) is 33.3. The Labute approximate surface area is 414 Å². The molecule has 0 bridgehead atoms. The molecule has 11 rings (SSSR count). The van der Waals surface area contributed by atoms with Gasteiger partial charge in [-0.2, -0.15) is 0 Å². The Morgan fingerprint density at radius 2 is 1.01 bits per heavy atom. The van der Waals surface area contributed by atoms with Crippen LogP contribution in [0.1, 0.15) is 58.2 Å². The minimum absolute atomic E-state index is 0.0862. The van der Waals surface area contributed by atoms with Gasteiger partial charge in [-0.15, -0.1) is 0 Å². The van der Waals surface area contributed by atoms with E-state index in [1.807, 2.05) is 30.7 Å². The molecule has 7 heteroatoms. The second-order valence-corrected chi connectivity index (χ2v) is 20.7. The number of hydrogen-bond donors (Lipinski definition) is 0. The Morgan fingerprint density at radius 1 is 0.464 bits per heavy atom. The maximum atomic E-state index is 7.04. The maximum absolute atomic E-state index is 7.04. The molecular formula is C62H53N5OPd. The molecule has 0 spiro atoms. The number of rotatable bonds is 8. The molecule has 0 amide bonds. The molecule has 342 valence electrons. The van der Waals surface area contributed by atoms with Crippen LogP contribution in [0.2, 0.25) is 0 Å². The van der Waals surface area contributed by atoms with Gasteiger partial charge in [0.05, 0.1) is 0 Å². The van der Waals surface area contributed by atoms with Crippen molar-refractivity contribution in [1.82, 2.24) is 23.7 Å². The number of aryl methyl sites for hydroxylation is 1. The van der Waals surface area contributed by atoms with Crippen molar-refractivity contribution in [2.24, 2.45) is 0 Å². The third-order valence-electron chi connectivity index (χ3n) is 13.3. The van der Waals surface area contributed by atoms with Crippen LogP contribution in [-0.2, 0) is 29.6 Å². The minimum Gasteiger partial charge on any atom is -0.265 e. The number of nitrogens with zero attached hydrogens (tertiary/aromatic N) is 5. The van der Waals surface area contributed by atoms with Crippen LogP contribution < -0.4 is 4.74 Å². The van der Waals surface area contributed by atoms with E-state index in [0.29, 0.717) is 0 Å². The van der Waals surface area contributed by atoms with E-state index < -0.39 is 0 Å². The Balaban J connectivity index is 1.09. The van der Waals surface area contributed by atoms with E-state index in [1.54, 1.807) is 0 Å². The van der Waals surface area contributed by atoms with Crippen LogP contribution in [0.5, 0.6) is 11.5 Å². The SMILES string of the molecule is Cc1cc(-n2c3ccccc3c3ccc(Oc4cc(-n5[c](=[Pd])n(-c6c(-c7ccccc7)cc(C(C)(C)C)cc6-c6ccccc6)c6ccccc65)cc(C(C)(C)C)c4)cc32)ncc1-c1ccncc1. The summed E-state index contributed by atoms with van der Waals surface area (Å²) in [6.07, 6.45) is 5.62. The fourth-order valence-corrected chi connectivity index (χ4v) is 10.4. The zero-order chi connectivity index (χ0) is 47.6. The summed E-state index contributed by atoms with van der Waals surface area (Å²) in [5.41, 5.74) is 16.5. The molecule has 11 aromatic rings. The Hall–Kier alpha value is -7.43. The fourth-order valence-electron chi connectivity index (χ4n) is 9.65. The van der Waals surface area contributed by atoms with Crippen LogP contribution in [0.25, 0.3) is 83.4 Å². The summed E-state index contributed by atoms with van der Waals surface area (Å²) >= 11 is 3.87. The van der Waals surface area contributed by atoms with Crippen molar-refractivity contribution < 1.29 is 23.5 Å². The van der Waals surface area contributed by atoms with Crippen molar-refractivity contribution in [2.75, 3.05) is 0 Å². The molecule has 0 N–H and O–H groups in total. The Kier molecular flexibility index (Phi) is 11.0. The third-order valence-corrected chi connectivity index (χ3v) is 14.0. The molecule has 69 heavy (non-hydrogen) atoms. The smallest absolute Gasteiger partial charge is 0.265 e. The number of benzene rings is 7. The topological polar surface area (TPSA) is 49.8 Å². The van der Waals surface area contributed by atoms with Gasteiger partial charge in [0.15, 0.2) is 0 Å². The van der Waals surface area contributed by atoms with Crippen LogP contribution >= 0.6 is 0 Å². The number of ether oxygens (including phenoxy) is 1. The summed E-state index contributed by atoms with van der Waals surface area (Å²) < 4.78 is 15.0. The summed E-state index contributed by atoms with van der Waals surface area (Å²) in [5.74, 6) is 2.34. The van der Waals surface area contributed by atoms with Crippen molar-refractivity contribution in [3.63, 3.8) is 0 Å². The standard InChI is InChI=1S/C62H53N5O.Pd/c1-41-32-59(64-39-54(41)44-28-30-63-31-29-44)67-55-23-15-14-22-50(55)51-27-26-48(38-58(51)67)68-49-34-45(61(2,3)4)33-47(37-49)65-40-66(57-25-17-16-24-56(57)65)60-52(42-18-10-8-11-19-42)35-46(62(5,6)7)36-53(60)43-20-12-9-13-21-43;/h8-39H,1-7H3;. The predicted octanol–water partition coefficient (Wildman–Crippen LogP) is 16.1. The number of imidazole rings is 1. The number of fused-ring (bicyclic) bond motifs is 4. The zero-order valence-corrected chi connectivity index (χ0v) is 41.5. The second kappa shape index (κ2) is 17.3. The van der Waals surface area contributed by atoms with Crippen LogP contribution in [0, 0.1) is 10.8 Å². The van der Waals surface area contributed by atoms with Crippen LogP contribution in [-0.4, -0.2) is 23.7 Å². The van der Waals surface area contributed by atoms with Crippen molar-refractivity contribution in [1.29, 1.82) is 0 Å². The van der Waals surface area contributed by atoms with Crippen molar-refractivity contribution in [2.45, 2.75) is 59.3 Å². The first-order valence-electron chi connectivity index (χ1n) is 23.5. The van der Waals surface area contributed by atoms with Crippen molar-refractivity contribution in [3.05, 3.63) is 215 Å². The molecule has 4 aromatic heterocycles. The monoisotopic (exact) mass is 989 g/mol. The van der Waals surface area contributed by atoms with Crippen LogP contribution in [0.3, 0.4) is 0 Å². The van der Waals surface area contributed by atoms with E-state index in [2.05, 4.69) is 250 Å². The second-order valence-electron chi connectivity index (χ2n) is 20.0. The normalized spacial score (nSPS) is 12.1. The molecule has 0 atom stereocenters. The third kappa shape index (κ3) is 8.06. The first kappa shape index (κ1) is 44.1. The summed E-state index contributed by atoms with van der Waals surface area (Å²) in [6, 6.07) is 62.9. The van der Waals surface area contributed by atoms with E-state index in [0.717, 1.165) is 110 Å². The van der Waals surface area contributed by atoms with Gasteiger partial charge in [0.25, 0.3) is 0 Å². The fraction of sp³-hybridized carbons (Fsp3) is 0.145. The number of para-hydroxylation sites is 3. The van der Waals surface area contributed by atoms with Gasteiger partial charge in [-0.1, -0.05) is 12.1 Å². The minimum atomic E-state index is -0.186. The first-order valence-corrected chi connectivity index (χ1v) is 24.3. The van der Waals surface area contributed by atoms with E-state index in [-0.39, 0.29) is 10.8 Å². The van der Waals surface area contributed by atoms with Gasteiger partial charge in [-0.3, -0.25) is 4.98 Å². The van der Waals surface area contributed by atoms with Crippen LogP contribution in [0.15, 0.2) is 195 Å². The molecule has 0 saturated heterocycles. The van der Waals surface area contributed by atoms with E-state index in [9.17, 15) is 0 Å². The summed E-state index contributed by atoms with van der Waals surface area (Å²) in [7, 11) is 0. The Morgan fingerprint density at radius 3 is 1.64 bits per heavy atom. The molecule has 7 aromatic carbocycles. The molecule has 0 fully saturated rings. The quantitative estimate of drug-likeness (QED) is 0.143. The average Bonchev–Trinajstić information content (AvgIpc) is 3.84.